The summed E-state index contributed by atoms with van der Waals surface area (Å²) in [6, 6.07) is 11.1. The van der Waals surface area contributed by atoms with Gasteiger partial charge in [-0.05, 0) is 23.8 Å². The van der Waals surface area contributed by atoms with Crippen molar-refractivity contribution in [2.45, 2.75) is 13.1 Å². The second-order valence-corrected chi connectivity index (χ2v) is 6.11. The lowest BCUT2D eigenvalue weighted by Gasteiger charge is -2.14. The number of carbonyl (C=O) groups is 1. The average Bonchev–Trinajstić information content (AvgIpc) is 2.76. The number of rotatable bonds is 7. The number of aromatic nitrogens is 1. The second kappa shape index (κ2) is 9.95. The highest BCUT2D eigenvalue weighted by atomic mass is 35.5. The summed E-state index contributed by atoms with van der Waals surface area (Å²) in [5.41, 5.74) is 7.88. The number of pyridine rings is 1. The maximum absolute atomic E-state index is 12.9. The molecule has 2 aromatic carbocycles. The molecular weight excluding hydrogens is 394 g/mol. The smallest absolute Gasteiger partial charge is 0.253 e. The molecule has 0 bridgehead atoms. The van der Waals surface area contributed by atoms with E-state index in [1.165, 1.54) is 6.20 Å². The summed E-state index contributed by atoms with van der Waals surface area (Å²) in [5, 5.41) is 4.32. The van der Waals surface area contributed by atoms with Gasteiger partial charge in [-0.15, -0.1) is 12.4 Å². The highest BCUT2D eigenvalue weighted by Crippen LogP contribution is 2.34. The molecule has 1 aromatic heterocycles. The Labute approximate surface area is 175 Å². The van der Waals surface area contributed by atoms with Crippen molar-refractivity contribution in [2.24, 2.45) is 5.73 Å². The Kier molecular flexibility index (Phi) is 7.64. The van der Waals surface area contributed by atoms with E-state index in [1.807, 2.05) is 24.3 Å². The molecule has 0 spiro atoms. The van der Waals surface area contributed by atoms with Crippen LogP contribution in [0.15, 0.2) is 42.6 Å². The normalized spacial score (nSPS) is 10.2. The second-order valence-electron chi connectivity index (χ2n) is 6.11. The lowest BCUT2D eigenvalue weighted by Crippen LogP contribution is -2.23. The number of nitrogens with two attached hydrogens (primary N) is 1. The number of ether oxygens (including phenoxy) is 3. The Bertz CT molecular complexity index is 993. The van der Waals surface area contributed by atoms with Gasteiger partial charge in [0.2, 0.25) is 0 Å². The molecular formula is C21H24ClN3O4. The molecule has 0 saturated heterocycles. The number of hydrogen-bond donors (Lipinski definition) is 2. The minimum absolute atomic E-state index is 0. The largest absolute Gasteiger partial charge is 0.497 e. The molecule has 3 rings (SSSR count). The molecule has 3 aromatic rings. The molecule has 0 aliphatic heterocycles. The summed E-state index contributed by atoms with van der Waals surface area (Å²) in [5.74, 6) is 1.67. The lowest BCUT2D eigenvalue weighted by atomic mass is 10.0. The summed E-state index contributed by atoms with van der Waals surface area (Å²) in [4.78, 5) is 17.2. The van der Waals surface area contributed by atoms with E-state index in [2.05, 4.69) is 10.3 Å². The summed E-state index contributed by atoms with van der Waals surface area (Å²) >= 11 is 0. The van der Waals surface area contributed by atoms with Crippen LogP contribution < -0.4 is 25.3 Å². The van der Waals surface area contributed by atoms with Gasteiger partial charge in [0.05, 0.1) is 32.6 Å². The third kappa shape index (κ3) is 4.70. The Balaban J connectivity index is 0.00000300. The predicted molar refractivity (Wildman–Crippen MR) is 114 cm³/mol. The van der Waals surface area contributed by atoms with E-state index >= 15 is 0 Å². The minimum atomic E-state index is -0.243. The standard InChI is InChI=1S/C21H23N3O4.ClH/c1-26-14-6-4-13(5-7-14)11-24-21(25)17-12-23-18(10-22)20-16(17)8-15(27-2)9-19(20)28-3;/h4-9,12H,10-11,22H2,1-3H3,(H,24,25);1H. The van der Waals surface area contributed by atoms with Gasteiger partial charge in [0, 0.05) is 36.1 Å². The third-order valence-electron chi connectivity index (χ3n) is 4.51. The molecule has 1 heterocycles. The minimum Gasteiger partial charge on any atom is -0.497 e. The van der Waals surface area contributed by atoms with Crippen molar-refractivity contribution in [1.29, 1.82) is 0 Å². The van der Waals surface area contributed by atoms with Crippen molar-refractivity contribution in [3.63, 3.8) is 0 Å². The van der Waals surface area contributed by atoms with Gasteiger partial charge in [-0.2, -0.15) is 0 Å². The SMILES string of the molecule is COc1ccc(CNC(=O)c2cnc(CN)c3c(OC)cc(OC)cc23)cc1.Cl. The zero-order valence-corrected chi connectivity index (χ0v) is 17.3. The summed E-state index contributed by atoms with van der Waals surface area (Å²) < 4.78 is 16.0. The molecule has 0 fully saturated rings. The Morgan fingerprint density at radius 2 is 1.72 bits per heavy atom. The number of benzene rings is 2. The van der Waals surface area contributed by atoms with Gasteiger partial charge < -0.3 is 25.3 Å². The van der Waals surface area contributed by atoms with Crippen LogP contribution in [0.3, 0.4) is 0 Å². The maximum Gasteiger partial charge on any atom is 0.253 e. The first-order valence-electron chi connectivity index (χ1n) is 8.76. The van der Waals surface area contributed by atoms with Gasteiger partial charge >= 0.3 is 0 Å². The molecule has 0 radical (unpaired) electrons. The molecule has 3 N–H and O–H groups in total. The van der Waals surface area contributed by atoms with Gasteiger partial charge in [-0.3, -0.25) is 9.78 Å². The first kappa shape index (κ1) is 22.3. The number of fused-ring (bicyclic) bond motifs is 1. The number of nitrogens with zero attached hydrogens (tertiary/aromatic N) is 1. The number of hydrogen-bond acceptors (Lipinski definition) is 6. The lowest BCUT2D eigenvalue weighted by molar-refractivity contribution is 0.0952. The molecule has 1 amide bonds. The zero-order valence-electron chi connectivity index (χ0n) is 16.5. The van der Waals surface area contributed by atoms with Crippen molar-refractivity contribution in [2.75, 3.05) is 21.3 Å². The highest BCUT2D eigenvalue weighted by Gasteiger charge is 2.18. The average molecular weight is 418 g/mol. The van der Waals surface area contributed by atoms with Crippen LogP contribution in [-0.2, 0) is 13.1 Å². The number of methoxy groups -OCH3 is 3. The Morgan fingerprint density at radius 3 is 2.31 bits per heavy atom. The van der Waals surface area contributed by atoms with Gasteiger partial charge in [-0.1, -0.05) is 12.1 Å². The van der Waals surface area contributed by atoms with Crippen LogP contribution in [0.5, 0.6) is 17.2 Å². The molecule has 0 unspecified atom stereocenters. The number of nitrogens with one attached hydrogen (secondary N) is 1. The highest BCUT2D eigenvalue weighted by molar-refractivity contribution is 6.09. The van der Waals surface area contributed by atoms with Crippen LogP contribution >= 0.6 is 12.4 Å². The van der Waals surface area contributed by atoms with Crippen LogP contribution in [0.2, 0.25) is 0 Å². The van der Waals surface area contributed by atoms with Crippen molar-refractivity contribution in [1.82, 2.24) is 10.3 Å². The van der Waals surface area contributed by atoms with Crippen molar-refractivity contribution in [3.05, 3.63) is 59.4 Å². The van der Waals surface area contributed by atoms with Crippen molar-refractivity contribution >= 4 is 29.1 Å². The van der Waals surface area contributed by atoms with Crippen molar-refractivity contribution < 1.29 is 19.0 Å². The Morgan fingerprint density at radius 1 is 1.03 bits per heavy atom. The molecule has 29 heavy (non-hydrogen) atoms. The molecule has 0 saturated carbocycles. The molecule has 0 aliphatic rings. The first-order chi connectivity index (χ1) is 13.6. The quantitative estimate of drug-likeness (QED) is 0.613. The van der Waals surface area contributed by atoms with Gasteiger partial charge in [-0.25, -0.2) is 0 Å². The molecule has 7 nitrogen and oxygen atoms in total. The van der Waals surface area contributed by atoms with Crippen molar-refractivity contribution in [3.8, 4) is 17.2 Å². The van der Waals surface area contributed by atoms with E-state index in [0.717, 1.165) is 11.3 Å². The molecule has 8 heteroatoms. The zero-order chi connectivity index (χ0) is 20.1. The van der Waals surface area contributed by atoms with E-state index in [1.54, 1.807) is 33.5 Å². The van der Waals surface area contributed by atoms with Crippen LogP contribution in [0.4, 0.5) is 0 Å². The number of carbonyl (C=O) groups excluding carboxylic acids is 1. The molecule has 0 aliphatic carbocycles. The fourth-order valence-corrected chi connectivity index (χ4v) is 3.01. The van der Waals surface area contributed by atoms with Crippen LogP contribution in [0, 0.1) is 0 Å². The van der Waals surface area contributed by atoms with Crippen LogP contribution in [0.25, 0.3) is 10.8 Å². The summed E-state index contributed by atoms with van der Waals surface area (Å²) in [6.45, 7) is 0.608. The number of halogens is 1. The first-order valence-corrected chi connectivity index (χ1v) is 8.76. The topological polar surface area (TPSA) is 95.7 Å². The van der Waals surface area contributed by atoms with Crippen LogP contribution in [-0.4, -0.2) is 32.2 Å². The molecule has 154 valence electrons. The van der Waals surface area contributed by atoms with E-state index in [9.17, 15) is 4.79 Å². The predicted octanol–water partition coefficient (Wildman–Crippen LogP) is 3.07. The van der Waals surface area contributed by atoms with E-state index in [4.69, 9.17) is 19.9 Å². The number of amides is 1. The van der Waals surface area contributed by atoms with Gasteiger partial charge in [0.15, 0.2) is 0 Å². The fraction of sp³-hybridized carbons (Fsp3) is 0.238. The summed E-state index contributed by atoms with van der Waals surface area (Å²) in [6.07, 6.45) is 1.53. The monoisotopic (exact) mass is 417 g/mol. The maximum atomic E-state index is 12.9. The Hall–Kier alpha value is -3.03. The van der Waals surface area contributed by atoms with Gasteiger partial charge in [0.1, 0.15) is 17.2 Å². The van der Waals surface area contributed by atoms with Gasteiger partial charge in [0.25, 0.3) is 5.91 Å². The van der Waals surface area contributed by atoms with Crippen LogP contribution in [0.1, 0.15) is 21.6 Å². The van der Waals surface area contributed by atoms with E-state index in [-0.39, 0.29) is 24.9 Å². The summed E-state index contributed by atoms with van der Waals surface area (Å²) in [7, 11) is 4.74. The van der Waals surface area contributed by atoms with E-state index in [0.29, 0.717) is 40.1 Å². The third-order valence-corrected chi connectivity index (χ3v) is 4.51. The fourth-order valence-electron chi connectivity index (χ4n) is 3.01. The van der Waals surface area contributed by atoms with E-state index < -0.39 is 0 Å². The molecule has 0 atom stereocenters.